The first-order valence-corrected chi connectivity index (χ1v) is 9.64. The van der Waals surface area contributed by atoms with Gasteiger partial charge in [-0.15, -0.1) is 0 Å². The molecule has 27 heavy (non-hydrogen) atoms. The van der Waals surface area contributed by atoms with Crippen LogP contribution in [0.25, 0.3) is 0 Å². The van der Waals surface area contributed by atoms with Gasteiger partial charge in [-0.1, -0.05) is 57.3 Å². The van der Waals surface area contributed by atoms with Gasteiger partial charge >= 0.3 is 0 Å². The molecule has 0 radical (unpaired) electrons. The van der Waals surface area contributed by atoms with Gasteiger partial charge in [-0.05, 0) is 36.0 Å². The zero-order valence-electron chi connectivity index (χ0n) is 16.7. The predicted molar refractivity (Wildman–Crippen MR) is 103 cm³/mol. The van der Waals surface area contributed by atoms with Crippen LogP contribution < -0.4 is 10.1 Å². The highest BCUT2D eigenvalue weighted by Gasteiger charge is 2.39. The lowest BCUT2D eigenvalue weighted by Gasteiger charge is -2.35. The van der Waals surface area contributed by atoms with Crippen LogP contribution in [0.3, 0.4) is 0 Å². The minimum atomic E-state index is -0.549. The molecule has 1 aromatic carbocycles. The van der Waals surface area contributed by atoms with Crippen LogP contribution in [0.15, 0.2) is 28.8 Å². The van der Waals surface area contributed by atoms with E-state index in [-0.39, 0.29) is 17.9 Å². The van der Waals surface area contributed by atoms with E-state index in [1.807, 2.05) is 24.3 Å². The minimum Gasteiger partial charge on any atom is -0.484 e. The van der Waals surface area contributed by atoms with E-state index in [1.54, 1.807) is 6.92 Å². The molecule has 1 amide bonds. The van der Waals surface area contributed by atoms with Crippen molar-refractivity contribution < 1.29 is 14.1 Å². The van der Waals surface area contributed by atoms with Gasteiger partial charge in [0, 0.05) is 6.92 Å². The number of nitrogens with one attached hydrogen (secondary N) is 1. The summed E-state index contributed by atoms with van der Waals surface area (Å²) in [6.07, 6.45) is 4.85. The van der Waals surface area contributed by atoms with Crippen molar-refractivity contribution in [1.82, 2.24) is 15.5 Å². The van der Waals surface area contributed by atoms with Crippen LogP contribution in [-0.2, 0) is 15.7 Å². The molecule has 1 aliphatic carbocycles. The molecule has 1 heterocycles. The second-order valence-electron chi connectivity index (χ2n) is 8.39. The third-order valence-electron chi connectivity index (χ3n) is 5.13. The van der Waals surface area contributed by atoms with Crippen molar-refractivity contribution in [3.63, 3.8) is 0 Å². The van der Waals surface area contributed by atoms with Gasteiger partial charge in [0.2, 0.25) is 5.89 Å². The Bertz CT molecular complexity index is 769. The highest BCUT2D eigenvalue weighted by molar-refractivity contribution is 5.78. The van der Waals surface area contributed by atoms with Gasteiger partial charge < -0.3 is 14.6 Å². The summed E-state index contributed by atoms with van der Waals surface area (Å²) in [7, 11) is 0. The van der Waals surface area contributed by atoms with Gasteiger partial charge in [-0.25, -0.2) is 0 Å². The Morgan fingerprint density at radius 3 is 2.41 bits per heavy atom. The molecule has 6 nitrogen and oxygen atoms in total. The van der Waals surface area contributed by atoms with Gasteiger partial charge in [0.05, 0.1) is 0 Å². The average Bonchev–Trinajstić information content (AvgIpc) is 3.07. The number of hydrogen-bond donors (Lipinski definition) is 1. The maximum absolute atomic E-state index is 12.6. The van der Waals surface area contributed by atoms with Gasteiger partial charge in [0.15, 0.2) is 12.4 Å². The van der Waals surface area contributed by atoms with Crippen molar-refractivity contribution in [1.29, 1.82) is 0 Å². The quantitative estimate of drug-likeness (QED) is 0.858. The van der Waals surface area contributed by atoms with E-state index in [0.29, 0.717) is 17.5 Å². The number of nitrogens with zero attached hydrogens (tertiary/aromatic N) is 2. The smallest absolute Gasteiger partial charge is 0.258 e. The van der Waals surface area contributed by atoms with Crippen LogP contribution in [0.4, 0.5) is 0 Å². The number of rotatable bonds is 5. The van der Waals surface area contributed by atoms with E-state index >= 15 is 0 Å². The minimum absolute atomic E-state index is 0.0343. The summed E-state index contributed by atoms with van der Waals surface area (Å²) in [6, 6.07) is 7.90. The number of carbonyl (C=O) groups excluding carboxylic acids is 1. The van der Waals surface area contributed by atoms with E-state index in [4.69, 9.17) is 9.26 Å². The number of aryl methyl sites for hydroxylation is 1. The molecular weight excluding hydrogens is 342 g/mol. The Hall–Kier alpha value is -2.37. The van der Waals surface area contributed by atoms with Crippen LogP contribution in [0.2, 0.25) is 0 Å². The lowest BCUT2D eigenvalue weighted by molar-refractivity contribution is -0.125. The molecule has 1 saturated carbocycles. The first-order chi connectivity index (χ1) is 12.8. The fraction of sp³-hybridized carbons (Fsp3) is 0.571. The summed E-state index contributed by atoms with van der Waals surface area (Å²) in [5.74, 6) is 1.60. The number of hydrogen-bond acceptors (Lipinski definition) is 5. The first-order valence-electron chi connectivity index (χ1n) is 9.64. The molecule has 146 valence electrons. The van der Waals surface area contributed by atoms with E-state index in [2.05, 4.69) is 36.2 Å². The Morgan fingerprint density at radius 1 is 1.19 bits per heavy atom. The van der Waals surface area contributed by atoms with Crippen molar-refractivity contribution >= 4 is 5.91 Å². The Labute approximate surface area is 160 Å². The highest BCUT2D eigenvalue weighted by atomic mass is 16.5. The van der Waals surface area contributed by atoms with Gasteiger partial charge in [-0.3, -0.25) is 4.79 Å². The standard InChI is InChI=1S/C21H29N3O3/c1-15-22-19(24-27-15)21(12-6-5-7-13-21)23-18(25)14-26-17-10-8-16(9-11-17)20(2,3)4/h8-11H,5-7,12-14H2,1-4H3,(H,23,25). The fourth-order valence-electron chi connectivity index (χ4n) is 3.56. The van der Waals surface area contributed by atoms with Crippen molar-refractivity contribution in [2.75, 3.05) is 6.61 Å². The second-order valence-corrected chi connectivity index (χ2v) is 8.39. The molecule has 0 aliphatic heterocycles. The van der Waals surface area contributed by atoms with Crippen LogP contribution in [0.1, 0.15) is 70.2 Å². The first kappa shape index (κ1) is 19.4. The number of amides is 1. The third-order valence-corrected chi connectivity index (χ3v) is 5.13. The molecule has 0 bridgehead atoms. The zero-order valence-corrected chi connectivity index (χ0v) is 16.7. The Kier molecular flexibility index (Phi) is 5.53. The van der Waals surface area contributed by atoms with Gasteiger partial charge in [0.1, 0.15) is 11.3 Å². The molecule has 6 heteroatoms. The lowest BCUT2D eigenvalue weighted by Crippen LogP contribution is -2.49. The largest absolute Gasteiger partial charge is 0.484 e. The average molecular weight is 371 g/mol. The van der Waals surface area contributed by atoms with Crippen molar-refractivity contribution in [2.24, 2.45) is 0 Å². The maximum atomic E-state index is 12.6. The van der Waals surface area contributed by atoms with Crippen LogP contribution >= 0.6 is 0 Å². The molecule has 0 spiro atoms. The Balaban J connectivity index is 1.63. The normalized spacial score (nSPS) is 16.7. The topological polar surface area (TPSA) is 77.2 Å². The molecule has 0 atom stereocenters. The molecule has 1 fully saturated rings. The monoisotopic (exact) mass is 371 g/mol. The summed E-state index contributed by atoms with van der Waals surface area (Å²) in [4.78, 5) is 17.0. The van der Waals surface area contributed by atoms with Crippen molar-refractivity contribution in [3.8, 4) is 5.75 Å². The molecular formula is C21H29N3O3. The molecule has 0 unspecified atom stereocenters. The number of carbonyl (C=O) groups is 1. The number of benzene rings is 1. The molecule has 1 aliphatic rings. The summed E-state index contributed by atoms with van der Waals surface area (Å²) >= 11 is 0. The molecule has 1 aromatic heterocycles. The SMILES string of the molecule is Cc1nc(C2(NC(=O)COc3ccc(C(C)(C)C)cc3)CCCCC2)no1. The maximum Gasteiger partial charge on any atom is 0.258 e. The van der Waals surface area contributed by atoms with E-state index in [9.17, 15) is 4.79 Å². The lowest BCUT2D eigenvalue weighted by atomic mass is 9.81. The molecule has 3 rings (SSSR count). The summed E-state index contributed by atoms with van der Waals surface area (Å²) in [6.45, 7) is 8.23. The molecule has 0 saturated heterocycles. The fourth-order valence-corrected chi connectivity index (χ4v) is 3.56. The molecule has 2 aromatic rings. The highest BCUT2D eigenvalue weighted by Crippen LogP contribution is 2.35. The third kappa shape index (κ3) is 4.67. The predicted octanol–water partition coefficient (Wildman–Crippen LogP) is 4.03. The van der Waals surface area contributed by atoms with Gasteiger partial charge in [-0.2, -0.15) is 4.98 Å². The number of ether oxygens (including phenoxy) is 1. The summed E-state index contributed by atoms with van der Waals surface area (Å²) in [5.41, 5.74) is 0.770. The molecule has 1 N–H and O–H groups in total. The van der Waals surface area contributed by atoms with E-state index in [0.717, 1.165) is 32.1 Å². The van der Waals surface area contributed by atoms with Gasteiger partial charge in [0.25, 0.3) is 5.91 Å². The van der Waals surface area contributed by atoms with Crippen LogP contribution in [-0.4, -0.2) is 22.7 Å². The summed E-state index contributed by atoms with van der Waals surface area (Å²) < 4.78 is 10.8. The van der Waals surface area contributed by atoms with E-state index in [1.165, 1.54) is 5.56 Å². The van der Waals surface area contributed by atoms with E-state index < -0.39 is 5.54 Å². The Morgan fingerprint density at radius 2 is 1.85 bits per heavy atom. The number of aromatic nitrogens is 2. The summed E-state index contributed by atoms with van der Waals surface area (Å²) in [5, 5.41) is 7.19. The van der Waals surface area contributed by atoms with Crippen molar-refractivity contribution in [2.45, 2.75) is 70.8 Å². The van der Waals surface area contributed by atoms with Crippen LogP contribution in [0.5, 0.6) is 5.75 Å². The zero-order chi connectivity index (χ0) is 19.5. The second kappa shape index (κ2) is 7.71. The van der Waals surface area contributed by atoms with Crippen molar-refractivity contribution in [3.05, 3.63) is 41.5 Å². The van der Waals surface area contributed by atoms with Crippen LogP contribution in [0, 0.1) is 6.92 Å².